The molecule has 1 saturated carbocycles. The summed E-state index contributed by atoms with van der Waals surface area (Å²) in [6, 6.07) is 3.91. The van der Waals surface area contributed by atoms with E-state index in [4.69, 9.17) is 19.3 Å². The quantitative estimate of drug-likeness (QED) is 0.819. The van der Waals surface area contributed by atoms with Crippen LogP contribution in [0, 0.1) is 0 Å². The van der Waals surface area contributed by atoms with Crippen LogP contribution in [-0.4, -0.2) is 43.4 Å². The number of hydrogen-bond acceptors (Lipinski definition) is 5. The fourth-order valence-corrected chi connectivity index (χ4v) is 4.45. The Morgan fingerprint density at radius 3 is 2.43 bits per heavy atom. The van der Waals surface area contributed by atoms with Gasteiger partial charge in [-0.05, 0) is 24.8 Å². The van der Waals surface area contributed by atoms with Gasteiger partial charge in [0, 0.05) is 10.8 Å². The zero-order valence-electron chi connectivity index (χ0n) is 13.8. The molecule has 6 heteroatoms. The summed E-state index contributed by atoms with van der Waals surface area (Å²) in [7, 11) is 4.83. The second-order valence-electron chi connectivity index (χ2n) is 5.56. The third-order valence-corrected chi connectivity index (χ3v) is 5.66. The maximum absolute atomic E-state index is 10.9. The number of benzene rings is 1. The first-order valence-corrected chi connectivity index (χ1v) is 8.79. The van der Waals surface area contributed by atoms with E-state index in [1.807, 2.05) is 12.1 Å². The molecule has 0 spiro atoms. The Morgan fingerprint density at radius 1 is 1.13 bits per heavy atom. The molecule has 0 saturated heterocycles. The van der Waals surface area contributed by atoms with Crippen LogP contribution in [0.3, 0.4) is 0 Å². The summed E-state index contributed by atoms with van der Waals surface area (Å²) in [6.07, 6.45) is 4.35. The third-order valence-electron chi connectivity index (χ3n) is 4.26. The Balaban J connectivity index is 2.35. The molecule has 1 aromatic rings. The van der Waals surface area contributed by atoms with Crippen molar-refractivity contribution < 1.29 is 24.1 Å². The summed E-state index contributed by atoms with van der Waals surface area (Å²) in [4.78, 5) is 10.9. The molecule has 0 radical (unpaired) electrons. The Hall–Kier alpha value is -1.56. The van der Waals surface area contributed by atoms with Crippen LogP contribution < -0.4 is 14.2 Å². The van der Waals surface area contributed by atoms with Gasteiger partial charge in [0.25, 0.3) is 0 Å². The van der Waals surface area contributed by atoms with Crippen molar-refractivity contribution in [2.24, 2.45) is 0 Å². The van der Waals surface area contributed by atoms with Gasteiger partial charge in [0.05, 0.1) is 27.1 Å². The smallest absolute Gasteiger partial charge is 0.313 e. The summed E-state index contributed by atoms with van der Waals surface area (Å²) in [5.74, 6) is 1.57. The van der Waals surface area contributed by atoms with Gasteiger partial charge < -0.3 is 19.3 Å². The largest absolute Gasteiger partial charge is 0.493 e. The van der Waals surface area contributed by atoms with E-state index in [9.17, 15) is 4.79 Å². The average molecular weight is 340 g/mol. The monoisotopic (exact) mass is 340 g/mol. The van der Waals surface area contributed by atoms with Gasteiger partial charge in [0.2, 0.25) is 5.75 Å². The molecule has 1 N–H and O–H groups in total. The fraction of sp³-hybridized carbons (Fsp3) is 0.588. The van der Waals surface area contributed by atoms with Crippen LogP contribution in [0.25, 0.3) is 0 Å². The van der Waals surface area contributed by atoms with Crippen molar-refractivity contribution in [3.8, 4) is 17.2 Å². The lowest BCUT2D eigenvalue weighted by atomic mass is 9.83. The van der Waals surface area contributed by atoms with E-state index in [1.54, 1.807) is 21.3 Å². The van der Waals surface area contributed by atoms with Crippen molar-refractivity contribution in [2.75, 3.05) is 27.1 Å². The normalized spacial score (nSPS) is 20.8. The number of rotatable bonds is 7. The summed E-state index contributed by atoms with van der Waals surface area (Å²) >= 11 is 1.52. The van der Waals surface area contributed by atoms with Crippen molar-refractivity contribution in [3.63, 3.8) is 0 Å². The molecule has 5 nitrogen and oxygen atoms in total. The molecule has 0 amide bonds. The van der Waals surface area contributed by atoms with Crippen LogP contribution in [0.2, 0.25) is 0 Å². The summed E-state index contributed by atoms with van der Waals surface area (Å²) < 4.78 is 16.4. The number of ether oxygens (including phenoxy) is 3. The SMILES string of the molecule is COc1ccc([C@H]2CCCC[C@@H]2SCC(=O)O)c(OC)c1OC. The number of carboxylic acid groups (broad SMARTS) is 1. The minimum absolute atomic E-state index is 0.136. The molecule has 0 heterocycles. The lowest BCUT2D eigenvalue weighted by Crippen LogP contribution is -2.22. The van der Waals surface area contributed by atoms with Crippen LogP contribution in [0.15, 0.2) is 12.1 Å². The van der Waals surface area contributed by atoms with Crippen LogP contribution >= 0.6 is 11.8 Å². The van der Waals surface area contributed by atoms with E-state index in [2.05, 4.69) is 0 Å². The molecule has 1 aliphatic rings. The highest BCUT2D eigenvalue weighted by molar-refractivity contribution is 8.00. The summed E-state index contributed by atoms with van der Waals surface area (Å²) in [6.45, 7) is 0. The number of carbonyl (C=O) groups is 1. The Labute approximate surface area is 141 Å². The predicted molar refractivity (Wildman–Crippen MR) is 91.2 cm³/mol. The van der Waals surface area contributed by atoms with Gasteiger partial charge in [-0.2, -0.15) is 0 Å². The first-order chi connectivity index (χ1) is 11.1. The number of hydrogen-bond donors (Lipinski definition) is 1. The van der Waals surface area contributed by atoms with Crippen LogP contribution in [-0.2, 0) is 4.79 Å². The van der Waals surface area contributed by atoms with E-state index in [0.29, 0.717) is 17.2 Å². The van der Waals surface area contributed by atoms with E-state index in [-0.39, 0.29) is 16.9 Å². The van der Waals surface area contributed by atoms with Crippen molar-refractivity contribution in [3.05, 3.63) is 17.7 Å². The molecular formula is C17H24O5S. The minimum Gasteiger partial charge on any atom is -0.493 e. The fourth-order valence-electron chi connectivity index (χ4n) is 3.25. The molecule has 2 rings (SSSR count). The van der Waals surface area contributed by atoms with E-state index >= 15 is 0 Å². The number of carboxylic acids is 1. The standard InChI is InChI=1S/C17H24O5S/c1-20-13-9-8-12(16(21-2)17(13)22-3)11-6-4-5-7-14(11)23-10-15(18)19/h8-9,11,14H,4-7,10H2,1-3H3,(H,18,19)/t11-,14+/m1/s1. The number of aliphatic carboxylic acids is 1. The Kier molecular flexibility index (Phi) is 6.45. The highest BCUT2D eigenvalue weighted by Crippen LogP contribution is 2.48. The van der Waals surface area contributed by atoms with Crippen molar-refractivity contribution >= 4 is 17.7 Å². The second kappa shape index (κ2) is 8.34. The maximum Gasteiger partial charge on any atom is 0.313 e. The molecule has 1 fully saturated rings. The van der Waals surface area contributed by atoms with Crippen molar-refractivity contribution in [1.82, 2.24) is 0 Å². The lowest BCUT2D eigenvalue weighted by molar-refractivity contribution is -0.133. The topological polar surface area (TPSA) is 65.0 Å². The van der Waals surface area contributed by atoms with Crippen molar-refractivity contribution in [2.45, 2.75) is 36.9 Å². The Morgan fingerprint density at radius 2 is 1.83 bits per heavy atom. The zero-order chi connectivity index (χ0) is 16.8. The molecular weight excluding hydrogens is 316 g/mol. The van der Waals surface area contributed by atoms with Crippen LogP contribution in [0.1, 0.15) is 37.2 Å². The molecule has 1 aliphatic carbocycles. The molecule has 23 heavy (non-hydrogen) atoms. The van der Waals surface area contributed by atoms with Crippen LogP contribution in [0.5, 0.6) is 17.2 Å². The summed E-state index contributed by atoms with van der Waals surface area (Å²) in [5.41, 5.74) is 1.08. The van der Waals surface area contributed by atoms with Gasteiger partial charge in [-0.25, -0.2) is 0 Å². The van der Waals surface area contributed by atoms with Crippen LogP contribution in [0.4, 0.5) is 0 Å². The van der Waals surface area contributed by atoms with E-state index < -0.39 is 5.97 Å². The molecule has 0 aliphatic heterocycles. The first-order valence-electron chi connectivity index (χ1n) is 7.74. The zero-order valence-corrected chi connectivity index (χ0v) is 14.6. The average Bonchev–Trinajstić information content (AvgIpc) is 2.58. The molecule has 0 unspecified atom stereocenters. The number of thioether (sulfide) groups is 1. The van der Waals surface area contributed by atoms with Crippen molar-refractivity contribution in [1.29, 1.82) is 0 Å². The van der Waals surface area contributed by atoms with Gasteiger partial charge in [-0.15, -0.1) is 11.8 Å². The second-order valence-corrected chi connectivity index (χ2v) is 6.79. The lowest BCUT2D eigenvalue weighted by Gasteiger charge is -2.32. The Bertz CT molecular complexity index is 546. The van der Waals surface area contributed by atoms with Gasteiger partial charge in [-0.1, -0.05) is 18.9 Å². The third kappa shape index (κ3) is 4.05. The van der Waals surface area contributed by atoms with E-state index in [1.165, 1.54) is 11.8 Å². The van der Waals surface area contributed by atoms with Gasteiger partial charge in [-0.3, -0.25) is 4.79 Å². The molecule has 2 atom stereocenters. The maximum atomic E-state index is 10.9. The van der Waals surface area contributed by atoms with Gasteiger partial charge >= 0.3 is 5.97 Å². The first kappa shape index (κ1) is 17.8. The van der Waals surface area contributed by atoms with E-state index in [0.717, 1.165) is 31.2 Å². The highest BCUT2D eigenvalue weighted by atomic mass is 32.2. The minimum atomic E-state index is -0.765. The van der Waals surface area contributed by atoms with Gasteiger partial charge in [0.15, 0.2) is 11.5 Å². The molecule has 1 aromatic carbocycles. The summed E-state index contributed by atoms with van der Waals surface area (Å²) in [5, 5.41) is 9.25. The predicted octanol–water partition coefficient (Wildman–Crippen LogP) is 3.56. The molecule has 0 bridgehead atoms. The molecule has 0 aromatic heterocycles. The van der Waals surface area contributed by atoms with Gasteiger partial charge in [0.1, 0.15) is 0 Å². The molecule has 128 valence electrons. The highest BCUT2D eigenvalue weighted by Gasteiger charge is 2.31. The number of methoxy groups -OCH3 is 3.